The van der Waals surface area contributed by atoms with Crippen LogP contribution in [0.1, 0.15) is 24.9 Å². The zero-order chi connectivity index (χ0) is 14.8. The van der Waals surface area contributed by atoms with Crippen LogP contribution in [-0.4, -0.2) is 31.4 Å². The molecule has 1 aliphatic rings. The summed E-state index contributed by atoms with van der Waals surface area (Å²) >= 11 is 0. The van der Waals surface area contributed by atoms with E-state index in [-0.39, 0.29) is 29.2 Å². The molecular weight excluding hydrogens is 280 g/mol. The largest absolute Gasteiger partial charge is 0.310 e. The van der Waals surface area contributed by atoms with Gasteiger partial charge in [0.2, 0.25) is 0 Å². The van der Waals surface area contributed by atoms with Crippen molar-refractivity contribution in [1.82, 2.24) is 5.32 Å². The summed E-state index contributed by atoms with van der Waals surface area (Å²) < 4.78 is 22.7. The van der Waals surface area contributed by atoms with E-state index in [1.165, 1.54) is 6.07 Å². The van der Waals surface area contributed by atoms with Crippen molar-refractivity contribution >= 4 is 15.5 Å². The first kappa shape index (κ1) is 14.9. The van der Waals surface area contributed by atoms with E-state index in [0.717, 1.165) is 5.56 Å². The fourth-order valence-electron chi connectivity index (χ4n) is 2.40. The lowest BCUT2D eigenvalue weighted by atomic mass is 10.1. The van der Waals surface area contributed by atoms with Crippen molar-refractivity contribution in [2.75, 3.05) is 18.1 Å². The number of nitrogens with zero attached hydrogens (tertiary/aromatic N) is 1. The molecule has 2 atom stereocenters. The molecule has 1 fully saturated rings. The van der Waals surface area contributed by atoms with E-state index in [4.69, 9.17) is 0 Å². The van der Waals surface area contributed by atoms with Crippen molar-refractivity contribution in [3.63, 3.8) is 0 Å². The molecule has 1 heterocycles. The number of nitro benzene ring substituents is 1. The van der Waals surface area contributed by atoms with Crippen LogP contribution in [0.15, 0.2) is 24.3 Å². The summed E-state index contributed by atoms with van der Waals surface area (Å²) in [5.74, 6) is 0.646. The number of non-ortho nitro benzene ring substituents is 1. The molecule has 6 nitrogen and oxygen atoms in total. The Morgan fingerprint density at radius 3 is 2.85 bits per heavy atom. The Balaban J connectivity index is 1.93. The van der Waals surface area contributed by atoms with Gasteiger partial charge in [-0.15, -0.1) is 0 Å². The van der Waals surface area contributed by atoms with Gasteiger partial charge >= 0.3 is 0 Å². The molecule has 0 bridgehead atoms. The van der Waals surface area contributed by atoms with E-state index in [1.54, 1.807) is 12.1 Å². The van der Waals surface area contributed by atoms with E-state index in [9.17, 15) is 18.5 Å². The smallest absolute Gasteiger partial charge is 0.269 e. The average molecular weight is 298 g/mol. The highest BCUT2D eigenvalue weighted by Crippen LogP contribution is 2.21. The molecule has 0 radical (unpaired) electrons. The average Bonchev–Trinajstić information content (AvgIpc) is 2.75. The van der Waals surface area contributed by atoms with Gasteiger partial charge in [0.05, 0.1) is 16.4 Å². The van der Waals surface area contributed by atoms with E-state index < -0.39 is 14.8 Å². The van der Waals surface area contributed by atoms with Crippen LogP contribution < -0.4 is 5.32 Å². The summed E-state index contributed by atoms with van der Waals surface area (Å²) in [6, 6.07) is 6.45. The van der Waals surface area contributed by atoms with Gasteiger partial charge < -0.3 is 5.32 Å². The highest BCUT2D eigenvalue weighted by atomic mass is 32.2. The fourth-order valence-corrected chi connectivity index (χ4v) is 4.26. The van der Waals surface area contributed by atoms with Crippen LogP contribution in [0.25, 0.3) is 0 Å². The molecule has 2 unspecified atom stereocenters. The third kappa shape index (κ3) is 3.77. The van der Waals surface area contributed by atoms with E-state index in [2.05, 4.69) is 5.32 Å². The van der Waals surface area contributed by atoms with Gasteiger partial charge in [-0.25, -0.2) is 8.42 Å². The maximum Gasteiger partial charge on any atom is 0.269 e. The van der Waals surface area contributed by atoms with Crippen LogP contribution in [0.3, 0.4) is 0 Å². The molecule has 1 aromatic rings. The Bertz CT molecular complexity index is 600. The molecule has 0 aromatic heterocycles. The number of benzene rings is 1. The lowest BCUT2D eigenvalue weighted by Gasteiger charge is -2.16. The molecule has 0 amide bonds. The van der Waals surface area contributed by atoms with Crippen LogP contribution in [0.2, 0.25) is 0 Å². The third-order valence-electron chi connectivity index (χ3n) is 3.62. The number of nitrogens with one attached hydrogen (secondary N) is 1. The summed E-state index contributed by atoms with van der Waals surface area (Å²) in [6.45, 7) is 2.53. The lowest BCUT2D eigenvalue weighted by molar-refractivity contribution is -0.384. The van der Waals surface area contributed by atoms with E-state index in [0.29, 0.717) is 13.0 Å². The second kappa shape index (κ2) is 5.88. The highest BCUT2D eigenvalue weighted by Gasteiger charge is 2.27. The van der Waals surface area contributed by atoms with Gasteiger partial charge in [0.15, 0.2) is 9.84 Å². The van der Waals surface area contributed by atoms with Gasteiger partial charge in [-0.05, 0) is 31.4 Å². The van der Waals surface area contributed by atoms with E-state index in [1.807, 2.05) is 13.0 Å². The summed E-state index contributed by atoms with van der Waals surface area (Å²) in [5, 5.41) is 14.0. The first-order valence-electron chi connectivity index (χ1n) is 6.55. The van der Waals surface area contributed by atoms with Crippen molar-refractivity contribution in [2.45, 2.75) is 19.4 Å². The quantitative estimate of drug-likeness (QED) is 0.660. The second-order valence-corrected chi connectivity index (χ2v) is 7.48. The minimum Gasteiger partial charge on any atom is -0.310 e. The Kier molecular flexibility index (Phi) is 4.39. The molecule has 2 rings (SSSR count). The molecule has 1 aliphatic heterocycles. The summed E-state index contributed by atoms with van der Waals surface area (Å²) in [6.07, 6.45) is 0.691. The van der Waals surface area contributed by atoms with Gasteiger partial charge in [0.25, 0.3) is 5.69 Å². The van der Waals surface area contributed by atoms with Gasteiger partial charge in [0, 0.05) is 18.2 Å². The molecule has 1 aromatic carbocycles. The van der Waals surface area contributed by atoms with Crippen molar-refractivity contribution in [3.8, 4) is 0 Å². The standard InChI is InChI=1S/C13H18N2O4S/c1-10(12-3-2-4-13(7-12)15(16)17)14-8-11-5-6-20(18,19)9-11/h2-4,7,10-11,14H,5-6,8-9H2,1H3. The number of hydrogen-bond acceptors (Lipinski definition) is 5. The normalized spacial score (nSPS) is 22.6. The van der Waals surface area contributed by atoms with Crippen LogP contribution >= 0.6 is 0 Å². The fraction of sp³-hybridized carbons (Fsp3) is 0.538. The van der Waals surface area contributed by atoms with Gasteiger partial charge in [-0.3, -0.25) is 10.1 Å². The number of rotatable bonds is 5. The summed E-state index contributed by atoms with van der Waals surface area (Å²) in [7, 11) is -2.86. The summed E-state index contributed by atoms with van der Waals surface area (Å²) in [4.78, 5) is 10.3. The Labute approximate surface area is 118 Å². The van der Waals surface area contributed by atoms with Crippen LogP contribution in [0, 0.1) is 16.0 Å². The molecule has 7 heteroatoms. The van der Waals surface area contributed by atoms with Crippen molar-refractivity contribution in [2.24, 2.45) is 5.92 Å². The molecule has 1 N–H and O–H groups in total. The van der Waals surface area contributed by atoms with Crippen LogP contribution in [0.4, 0.5) is 5.69 Å². The van der Waals surface area contributed by atoms with Gasteiger partial charge in [-0.2, -0.15) is 0 Å². The lowest BCUT2D eigenvalue weighted by Crippen LogP contribution is -2.26. The predicted molar refractivity (Wildman–Crippen MR) is 76.3 cm³/mol. The molecule has 1 saturated heterocycles. The maximum atomic E-state index is 11.4. The second-order valence-electron chi connectivity index (χ2n) is 5.25. The van der Waals surface area contributed by atoms with Crippen molar-refractivity contribution < 1.29 is 13.3 Å². The van der Waals surface area contributed by atoms with Gasteiger partial charge in [0.1, 0.15) is 0 Å². The van der Waals surface area contributed by atoms with Crippen LogP contribution in [0.5, 0.6) is 0 Å². The first-order chi connectivity index (χ1) is 9.37. The summed E-state index contributed by atoms with van der Waals surface area (Å²) in [5.41, 5.74) is 0.902. The Morgan fingerprint density at radius 2 is 2.25 bits per heavy atom. The van der Waals surface area contributed by atoms with Gasteiger partial charge in [-0.1, -0.05) is 12.1 Å². The van der Waals surface area contributed by atoms with E-state index >= 15 is 0 Å². The van der Waals surface area contributed by atoms with Crippen molar-refractivity contribution in [3.05, 3.63) is 39.9 Å². The third-order valence-corrected chi connectivity index (χ3v) is 5.46. The zero-order valence-electron chi connectivity index (χ0n) is 11.3. The number of nitro groups is 1. The zero-order valence-corrected chi connectivity index (χ0v) is 12.1. The Hall–Kier alpha value is -1.47. The predicted octanol–water partition coefficient (Wildman–Crippen LogP) is 1.68. The highest BCUT2D eigenvalue weighted by molar-refractivity contribution is 7.91. The molecular formula is C13H18N2O4S. The monoisotopic (exact) mass is 298 g/mol. The minimum atomic E-state index is -2.86. The molecule has 0 aliphatic carbocycles. The first-order valence-corrected chi connectivity index (χ1v) is 8.38. The number of sulfone groups is 1. The van der Waals surface area contributed by atoms with Crippen molar-refractivity contribution in [1.29, 1.82) is 0 Å². The molecule has 20 heavy (non-hydrogen) atoms. The minimum absolute atomic E-state index is 0.0433. The van der Waals surface area contributed by atoms with Crippen LogP contribution in [-0.2, 0) is 9.84 Å². The maximum absolute atomic E-state index is 11.4. The topological polar surface area (TPSA) is 89.3 Å². The molecule has 0 spiro atoms. The molecule has 110 valence electrons. The number of hydrogen-bond donors (Lipinski definition) is 1. The SMILES string of the molecule is CC(NCC1CCS(=O)(=O)C1)c1cccc([N+](=O)[O-])c1. The Morgan fingerprint density at radius 1 is 1.50 bits per heavy atom. The molecule has 0 saturated carbocycles.